The molecule has 5 heteroatoms. The van der Waals surface area contributed by atoms with Crippen molar-refractivity contribution in [3.63, 3.8) is 0 Å². The zero-order valence-electron chi connectivity index (χ0n) is 11.5. The van der Waals surface area contributed by atoms with Gasteiger partial charge in [-0.1, -0.05) is 6.07 Å². The van der Waals surface area contributed by atoms with E-state index in [4.69, 9.17) is 0 Å². The van der Waals surface area contributed by atoms with Gasteiger partial charge in [0, 0.05) is 37.2 Å². The van der Waals surface area contributed by atoms with E-state index in [2.05, 4.69) is 19.9 Å². The molecule has 1 N–H and O–H groups in total. The molecule has 0 unspecified atom stereocenters. The molecule has 3 rings (SSSR count). The number of pyridine rings is 1. The third kappa shape index (κ3) is 2.63. The highest BCUT2D eigenvalue weighted by atomic mass is 16.3. The highest BCUT2D eigenvalue weighted by Crippen LogP contribution is 2.21. The van der Waals surface area contributed by atoms with Crippen molar-refractivity contribution in [2.45, 2.75) is 25.9 Å². The second-order valence-corrected chi connectivity index (χ2v) is 5.16. The van der Waals surface area contributed by atoms with Crippen LogP contribution in [0.3, 0.4) is 0 Å². The number of aliphatic hydroxyl groups is 1. The molecule has 2 aromatic rings. The number of aliphatic hydroxyl groups excluding tert-OH is 1. The minimum atomic E-state index is -0.179. The minimum Gasteiger partial charge on any atom is -0.393 e. The lowest BCUT2D eigenvalue weighted by Crippen LogP contribution is -2.36. The quantitative estimate of drug-likeness (QED) is 0.901. The number of piperidine rings is 1. The Morgan fingerprint density at radius 3 is 2.50 bits per heavy atom. The largest absolute Gasteiger partial charge is 0.393 e. The van der Waals surface area contributed by atoms with Crippen LogP contribution in [0.15, 0.2) is 30.7 Å². The molecule has 1 fully saturated rings. The normalized spacial score (nSPS) is 16.4. The average Bonchev–Trinajstić information content (AvgIpc) is 2.49. The van der Waals surface area contributed by atoms with Gasteiger partial charge in [-0.2, -0.15) is 0 Å². The van der Waals surface area contributed by atoms with Crippen molar-refractivity contribution in [1.29, 1.82) is 0 Å². The average molecular weight is 270 g/mol. The molecule has 2 aromatic heterocycles. The van der Waals surface area contributed by atoms with Crippen LogP contribution in [-0.2, 0) is 0 Å². The van der Waals surface area contributed by atoms with Gasteiger partial charge in [0.05, 0.1) is 11.8 Å². The first-order chi connectivity index (χ1) is 9.74. The predicted octanol–water partition coefficient (Wildman–Crippen LogP) is 1.81. The van der Waals surface area contributed by atoms with E-state index in [-0.39, 0.29) is 6.10 Å². The van der Waals surface area contributed by atoms with Crippen molar-refractivity contribution < 1.29 is 5.11 Å². The number of aromatic nitrogens is 3. The van der Waals surface area contributed by atoms with Gasteiger partial charge in [0.2, 0.25) is 5.95 Å². The summed E-state index contributed by atoms with van der Waals surface area (Å²) >= 11 is 0. The van der Waals surface area contributed by atoms with E-state index >= 15 is 0 Å². The third-order valence-corrected chi connectivity index (χ3v) is 3.67. The Balaban J connectivity index is 1.80. The first-order valence-corrected chi connectivity index (χ1v) is 6.91. The Morgan fingerprint density at radius 2 is 1.85 bits per heavy atom. The number of hydrogen-bond donors (Lipinski definition) is 1. The van der Waals surface area contributed by atoms with Gasteiger partial charge in [-0.3, -0.25) is 4.98 Å². The molecule has 1 saturated heterocycles. The summed E-state index contributed by atoms with van der Waals surface area (Å²) in [5.74, 6) is 0.731. The number of rotatable bonds is 2. The molecule has 0 radical (unpaired) electrons. The van der Waals surface area contributed by atoms with E-state index in [0.717, 1.165) is 48.7 Å². The van der Waals surface area contributed by atoms with Crippen LogP contribution in [0.5, 0.6) is 0 Å². The van der Waals surface area contributed by atoms with Crippen LogP contribution in [-0.4, -0.2) is 39.3 Å². The van der Waals surface area contributed by atoms with E-state index in [9.17, 15) is 5.11 Å². The zero-order chi connectivity index (χ0) is 13.9. The maximum absolute atomic E-state index is 9.52. The molecule has 104 valence electrons. The third-order valence-electron chi connectivity index (χ3n) is 3.67. The Morgan fingerprint density at radius 1 is 1.15 bits per heavy atom. The number of hydrogen-bond acceptors (Lipinski definition) is 5. The summed E-state index contributed by atoms with van der Waals surface area (Å²) in [6.45, 7) is 3.65. The standard InChI is InChI=1S/C15H18N4O/c1-11-3-2-6-16-14(11)12-9-17-15(18-10-12)19-7-4-13(20)5-8-19/h2-3,6,9-10,13,20H,4-5,7-8H2,1H3. The van der Waals surface area contributed by atoms with Crippen molar-refractivity contribution in [1.82, 2.24) is 15.0 Å². The topological polar surface area (TPSA) is 62.1 Å². The molecule has 0 amide bonds. The Bertz CT molecular complexity index is 577. The monoisotopic (exact) mass is 270 g/mol. The van der Waals surface area contributed by atoms with Crippen molar-refractivity contribution in [3.05, 3.63) is 36.3 Å². The molecule has 0 aromatic carbocycles. The summed E-state index contributed by atoms with van der Waals surface area (Å²) in [5.41, 5.74) is 2.97. The van der Waals surface area contributed by atoms with Gasteiger partial charge < -0.3 is 10.0 Å². The molecule has 0 saturated carbocycles. The number of anilines is 1. The molecule has 0 spiro atoms. The lowest BCUT2D eigenvalue weighted by atomic mass is 10.1. The van der Waals surface area contributed by atoms with Gasteiger partial charge in [-0.05, 0) is 31.4 Å². The van der Waals surface area contributed by atoms with Crippen molar-refractivity contribution in [2.75, 3.05) is 18.0 Å². The molecule has 0 bridgehead atoms. The summed E-state index contributed by atoms with van der Waals surface area (Å²) in [5, 5.41) is 9.52. The Labute approximate surface area is 118 Å². The lowest BCUT2D eigenvalue weighted by molar-refractivity contribution is 0.145. The predicted molar refractivity (Wildman–Crippen MR) is 77.5 cm³/mol. The highest BCUT2D eigenvalue weighted by molar-refractivity contribution is 5.61. The summed E-state index contributed by atoms with van der Waals surface area (Å²) in [6, 6.07) is 3.95. The lowest BCUT2D eigenvalue weighted by Gasteiger charge is -2.29. The van der Waals surface area contributed by atoms with Gasteiger partial charge in [0.1, 0.15) is 0 Å². The summed E-state index contributed by atoms with van der Waals surface area (Å²) < 4.78 is 0. The van der Waals surface area contributed by atoms with Crippen LogP contribution < -0.4 is 4.90 Å². The fourth-order valence-electron chi connectivity index (χ4n) is 2.46. The molecule has 20 heavy (non-hydrogen) atoms. The molecular weight excluding hydrogens is 252 g/mol. The fourth-order valence-corrected chi connectivity index (χ4v) is 2.46. The summed E-state index contributed by atoms with van der Waals surface area (Å²) in [7, 11) is 0. The van der Waals surface area contributed by atoms with Crippen LogP contribution in [0, 0.1) is 6.92 Å². The van der Waals surface area contributed by atoms with E-state index < -0.39 is 0 Å². The first-order valence-electron chi connectivity index (χ1n) is 6.91. The van der Waals surface area contributed by atoms with Crippen LogP contribution >= 0.6 is 0 Å². The van der Waals surface area contributed by atoms with Gasteiger partial charge in [-0.25, -0.2) is 9.97 Å². The molecule has 0 aliphatic carbocycles. The zero-order valence-corrected chi connectivity index (χ0v) is 11.5. The molecule has 3 heterocycles. The first kappa shape index (κ1) is 13.0. The van der Waals surface area contributed by atoms with Gasteiger partial charge in [0.15, 0.2) is 0 Å². The van der Waals surface area contributed by atoms with Crippen molar-refractivity contribution >= 4 is 5.95 Å². The Hall–Kier alpha value is -2.01. The van der Waals surface area contributed by atoms with E-state index in [1.54, 1.807) is 6.20 Å². The molecule has 1 aliphatic heterocycles. The molecule has 5 nitrogen and oxygen atoms in total. The number of aryl methyl sites for hydroxylation is 1. The number of nitrogens with zero attached hydrogens (tertiary/aromatic N) is 4. The molecule has 1 aliphatic rings. The highest BCUT2D eigenvalue weighted by Gasteiger charge is 2.19. The second-order valence-electron chi connectivity index (χ2n) is 5.16. The Kier molecular flexibility index (Phi) is 3.60. The summed E-state index contributed by atoms with van der Waals surface area (Å²) in [4.78, 5) is 15.4. The van der Waals surface area contributed by atoms with Crippen LogP contribution in [0.25, 0.3) is 11.3 Å². The molecule has 0 atom stereocenters. The van der Waals surface area contributed by atoms with E-state index in [1.807, 2.05) is 31.5 Å². The summed E-state index contributed by atoms with van der Waals surface area (Å²) in [6.07, 6.45) is 6.81. The fraction of sp³-hybridized carbons (Fsp3) is 0.400. The van der Waals surface area contributed by atoms with Gasteiger partial charge in [-0.15, -0.1) is 0 Å². The minimum absolute atomic E-state index is 0.179. The van der Waals surface area contributed by atoms with Crippen molar-refractivity contribution in [3.8, 4) is 11.3 Å². The smallest absolute Gasteiger partial charge is 0.225 e. The SMILES string of the molecule is Cc1cccnc1-c1cnc(N2CCC(O)CC2)nc1. The van der Waals surface area contributed by atoms with Crippen LogP contribution in [0.4, 0.5) is 5.95 Å². The second kappa shape index (κ2) is 5.54. The van der Waals surface area contributed by atoms with Crippen molar-refractivity contribution in [2.24, 2.45) is 0 Å². The maximum atomic E-state index is 9.52. The van der Waals surface area contributed by atoms with E-state index in [1.165, 1.54) is 0 Å². The van der Waals surface area contributed by atoms with Crippen LogP contribution in [0.1, 0.15) is 18.4 Å². The van der Waals surface area contributed by atoms with Gasteiger partial charge >= 0.3 is 0 Å². The molecular formula is C15H18N4O. The maximum Gasteiger partial charge on any atom is 0.225 e. The van der Waals surface area contributed by atoms with E-state index in [0.29, 0.717) is 0 Å². The van der Waals surface area contributed by atoms with Crippen LogP contribution in [0.2, 0.25) is 0 Å². The van der Waals surface area contributed by atoms with Gasteiger partial charge in [0.25, 0.3) is 0 Å².